The SMILES string of the molecule is COC1CC(CC(=O)O)N(C(=O)Cc2nc(-c3ccco3)oc2C)C1. The third-order valence-electron chi connectivity index (χ3n) is 4.38. The molecular formula is C17H20N2O6. The van der Waals surface area contributed by atoms with Crippen LogP contribution in [0.25, 0.3) is 11.7 Å². The summed E-state index contributed by atoms with van der Waals surface area (Å²) in [5.41, 5.74) is 0.520. The number of ether oxygens (including phenoxy) is 1. The molecule has 8 nitrogen and oxygen atoms in total. The van der Waals surface area contributed by atoms with Crippen molar-refractivity contribution in [2.45, 2.75) is 38.3 Å². The van der Waals surface area contributed by atoms with Gasteiger partial charge in [0, 0.05) is 19.7 Å². The van der Waals surface area contributed by atoms with Crippen molar-refractivity contribution in [3.8, 4) is 11.7 Å². The monoisotopic (exact) mass is 348 g/mol. The Hall–Kier alpha value is -2.61. The number of aromatic nitrogens is 1. The maximum atomic E-state index is 12.7. The number of nitrogens with zero attached hydrogens (tertiary/aromatic N) is 2. The smallest absolute Gasteiger partial charge is 0.305 e. The molecule has 2 atom stereocenters. The zero-order valence-electron chi connectivity index (χ0n) is 14.1. The minimum Gasteiger partial charge on any atom is -0.481 e. The van der Waals surface area contributed by atoms with Crippen molar-refractivity contribution >= 4 is 11.9 Å². The third-order valence-corrected chi connectivity index (χ3v) is 4.38. The number of hydrogen-bond acceptors (Lipinski definition) is 6. The molecule has 1 fully saturated rings. The van der Waals surface area contributed by atoms with E-state index in [-0.39, 0.29) is 30.9 Å². The second-order valence-corrected chi connectivity index (χ2v) is 6.07. The van der Waals surface area contributed by atoms with Crippen molar-refractivity contribution in [1.29, 1.82) is 0 Å². The fourth-order valence-corrected chi connectivity index (χ4v) is 3.09. The summed E-state index contributed by atoms with van der Waals surface area (Å²) >= 11 is 0. The first-order valence-corrected chi connectivity index (χ1v) is 8.02. The van der Waals surface area contributed by atoms with Crippen LogP contribution in [0.3, 0.4) is 0 Å². The third kappa shape index (κ3) is 3.74. The number of methoxy groups -OCH3 is 1. The zero-order chi connectivity index (χ0) is 18.0. The molecule has 2 aromatic rings. The van der Waals surface area contributed by atoms with Gasteiger partial charge in [-0.05, 0) is 25.5 Å². The Morgan fingerprint density at radius 2 is 2.28 bits per heavy atom. The van der Waals surface area contributed by atoms with Gasteiger partial charge in [0.2, 0.25) is 5.91 Å². The van der Waals surface area contributed by atoms with Crippen LogP contribution in [0.15, 0.2) is 27.2 Å². The highest BCUT2D eigenvalue weighted by Crippen LogP contribution is 2.26. The fourth-order valence-electron chi connectivity index (χ4n) is 3.09. The first-order chi connectivity index (χ1) is 12.0. The van der Waals surface area contributed by atoms with Crippen molar-refractivity contribution in [3.63, 3.8) is 0 Å². The van der Waals surface area contributed by atoms with E-state index in [0.717, 1.165) is 0 Å². The largest absolute Gasteiger partial charge is 0.481 e. The first-order valence-electron chi connectivity index (χ1n) is 8.02. The Kier molecular flexibility index (Phi) is 4.89. The lowest BCUT2D eigenvalue weighted by Crippen LogP contribution is -2.38. The van der Waals surface area contributed by atoms with E-state index < -0.39 is 5.97 Å². The zero-order valence-corrected chi connectivity index (χ0v) is 14.1. The van der Waals surface area contributed by atoms with Crippen molar-refractivity contribution < 1.29 is 28.3 Å². The minimum absolute atomic E-state index is 0.0442. The Balaban J connectivity index is 1.73. The van der Waals surface area contributed by atoms with E-state index in [1.165, 1.54) is 6.26 Å². The van der Waals surface area contributed by atoms with Crippen LogP contribution in [0.5, 0.6) is 0 Å². The minimum atomic E-state index is -0.933. The number of aliphatic carboxylic acids is 1. The van der Waals surface area contributed by atoms with E-state index >= 15 is 0 Å². The Morgan fingerprint density at radius 3 is 2.92 bits per heavy atom. The second kappa shape index (κ2) is 7.10. The summed E-state index contributed by atoms with van der Waals surface area (Å²) in [4.78, 5) is 29.6. The molecule has 3 heterocycles. The van der Waals surface area contributed by atoms with Crippen molar-refractivity contribution in [2.24, 2.45) is 0 Å². The molecule has 0 aliphatic carbocycles. The normalized spacial score (nSPS) is 20.2. The average Bonchev–Trinajstić information content (AvgIpc) is 3.27. The van der Waals surface area contributed by atoms with E-state index in [2.05, 4.69) is 4.98 Å². The lowest BCUT2D eigenvalue weighted by molar-refractivity contribution is -0.139. The Bertz CT molecular complexity index is 751. The molecule has 1 N–H and O–H groups in total. The van der Waals surface area contributed by atoms with Crippen LogP contribution >= 0.6 is 0 Å². The number of hydrogen-bond donors (Lipinski definition) is 1. The molecule has 2 aromatic heterocycles. The van der Waals surface area contributed by atoms with Gasteiger partial charge >= 0.3 is 5.97 Å². The molecule has 0 saturated carbocycles. The van der Waals surface area contributed by atoms with E-state index in [9.17, 15) is 9.59 Å². The molecule has 1 aliphatic rings. The average molecular weight is 348 g/mol. The number of likely N-dealkylation sites (tertiary alicyclic amines) is 1. The number of aryl methyl sites for hydroxylation is 1. The maximum absolute atomic E-state index is 12.7. The summed E-state index contributed by atoms with van der Waals surface area (Å²) in [6.45, 7) is 2.12. The number of oxazole rings is 1. The highest BCUT2D eigenvalue weighted by atomic mass is 16.5. The summed E-state index contributed by atoms with van der Waals surface area (Å²) in [5.74, 6) is 0.234. The van der Waals surface area contributed by atoms with Crippen LogP contribution in [0.4, 0.5) is 0 Å². The quantitative estimate of drug-likeness (QED) is 0.849. The van der Waals surface area contributed by atoms with Gasteiger partial charge in [-0.2, -0.15) is 0 Å². The van der Waals surface area contributed by atoms with Gasteiger partial charge in [-0.25, -0.2) is 4.98 Å². The maximum Gasteiger partial charge on any atom is 0.305 e. The van der Waals surface area contributed by atoms with Crippen molar-refractivity contribution in [2.75, 3.05) is 13.7 Å². The van der Waals surface area contributed by atoms with Crippen LogP contribution in [0.2, 0.25) is 0 Å². The standard InChI is InChI=1S/C17H20N2O6/c1-10-13(18-17(25-10)14-4-3-5-24-14)8-15(20)19-9-12(23-2)6-11(19)7-16(21)22/h3-5,11-12H,6-9H2,1-2H3,(H,21,22). The molecule has 1 amide bonds. The Morgan fingerprint density at radius 1 is 1.48 bits per heavy atom. The van der Waals surface area contributed by atoms with Gasteiger partial charge in [0.25, 0.3) is 5.89 Å². The molecule has 2 unspecified atom stereocenters. The van der Waals surface area contributed by atoms with Crippen LogP contribution in [0, 0.1) is 6.92 Å². The number of rotatable bonds is 6. The molecule has 134 valence electrons. The molecule has 1 saturated heterocycles. The number of carbonyl (C=O) groups is 2. The number of carbonyl (C=O) groups excluding carboxylic acids is 1. The molecule has 3 rings (SSSR count). The fraction of sp³-hybridized carbons (Fsp3) is 0.471. The molecule has 0 aromatic carbocycles. The summed E-state index contributed by atoms with van der Waals surface area (Å²) in [6.07, 6.45) is 1.84. The highest BCUT2D eigenvalue weighted by Gasteiger charge is 2.36. The van der Waals surface area contributed by atoms with Crippen LogP contribution in [0.1, 0.15) is 24.3 Å². The van der Waals surface area contributed by atoms with E-state index in [1.807, 2.05) is 0 Å². The molecule has 0 bridgehead atoms. The molecule has 0 spiro atoms. The lowest BCUT2D eigenvalue weighted by Gasteiger charge is -2.22. The Labute approximate surface area is 144 Å². The number of carboxylic acid groups (broad SMARTS) is 1. The van der Waals surface area contributed by atoms with Gasteiger partial charge in [-0.1, -0.05) is 0 Å². The molecule has 0 radical (unpaired) electrons. The molecule has 25 heavy (non-hydrogen) atoms. The van der Waals surface area contributed by atoms with Gasteiger partial charge in [0.05, 0.1) is 30.9 Å². The van der Waals surface area contributed by atoms with Crippen molar-refractivity contribution in [1.82, 2.24) is 9.88 Å². The van der Waals surface area contributed by atoms with Crippen LogP contribution in [-0.4, -0.2) is 52.7 Å². The van der Waals surface area contributed by atoms with E-state index in [1.54, 1.807) is 31.1 Å². The van der Waals surface area contributed by atoms with Crippen LogP contribution in [-0.2, 0) is 20.7 Å². The summed E-state index contributed by atoms with van der Waals surface area (Å²) in [7, 11) is 1.56. The molecule has 1 aliphatic heterocycles. The van der Waals surface area contributed by atoms with Crippen LogP contribution < -0.4 is 0 Å². The summed E-state index contributed by atoms with van der Waals surface area (Å²) in [6, 6.07) is 3.08. The van der Waals surface area contributed by atoms with Gasteiger partial charge in [-0.15, -0.1) is 0 Å². The summed E-state index contributed by atoms with van der Waals surface area (Å²) < 4.78 is 16.1. The molecule has 8 heteroatoms. The van der Waals surface area contributed by atoms with Gasteiger partial charge < -0.3 is 23.6 Å². The number of amides is 1. The van der Waals surface area contributed by atoms with Gasteiger partial charge in [0.1, 0.15) is 5.76 Å². The lowest BCUT2D eigenvalue weighted by atomic mass is 10.1. The summed E-state index contributed by atoms with van der Waals surface area (Å²) in [5, 5.41) is 9.06. The number of furan rings is 1. The number of carboxylic acids is 1. The second-order valence-electron chi connectivity index (χ2n) is 6.07. The predicted molar refractivity (Wildman–Crippen MR) is 85.8 cm³/mol. The van der Waals surface area contributed by atoms with E-state index in [0.29, 0.717) is 36.1 Å². The van der Waals surface area contributed by atoms with Crippen molar-refractivity contribution in [3.05, 3.63) is 29.9 Å². The van der Waals surface area contributed by atoms with Gasteiger partial charge in [-0.3, -0.25) is 9.59 Å². The molecular weight excluding hydrogens is 328 g/mol. The van der Waals surface area contributed by atoms with E-state index in [4.69, 9.17) is 18.7 Å². The predicted octanol–water partition coefficient (Wildman–Crippen LogP) is 1.88. The van der Waals surface area contributed by atoms with Gasteiger partial charge in [0.15, 0.2) is 5.76 Å². The highest BCUT2D eigenvalue weighted by molar-refractivity contribution is 5.80. The topological polar surface area (TPSA) is 106 Å². The first kappa shape index (κ1) is 17.2.